The Hall–Kier alpha value is -0.910. The third kappa shape index (κ3) is 3.55. The van der Waals surface area contributed by atoms with E-state index in [-0.39, 0.29) is 0 Å². The van der Waals surface area contributed by atoms with Crippen molar-refractivity contribution in [2.45, 2.75) is 19.9 Å². The Balaban J connectivity index is 2.24. The van der Waals surface area contributed by atoms with Gasteiger partial charge in [0.05, 0.1) is 17.7 Å². The molecule has 0 bridgehead atoms. The number of halogens is 1. The van der Waals surface area contributed by atoms with Crippen molar-refractivity contribution in [3.63, 3.8) is 0 Å². The van der Waals surface area contributed by atoms with Crippen LogP contribution < -0.4 is 10.6 Å². The van der Waals surface area contributed by atoms with Crippen LogP contribution in [0.4, 0.5) is 5.69 Å². The highest BCUT2D eigenvalue weighted by atomic mass is 79.9. The molecule has 0 atom stereocenters. The minimum Gasteiger partial charge on any atom is -0.369 e. The molecule has 0 amide bonds. The first kappa shape index (κ1) is 14.5. The quantitative estimate of drug-likeness (QED) is 0.908. The number of aryl methyl sites for hydroxylation is 1. The average Bonchev–Trinajstić information content (AvgIpc) is 2.77. The summed E-state index contributed by atoms with van der Waals surface area (Å²) < 4.78 is 1.09. The van der Waals surface area contributed by atoms with Gasteiger partial charge < -0.3 is 10.6 Å². The van der Waals surface area contributed by atoms with E-state index in [1.165, 1.54) is 16.1 Å². The number of rotatable bonds is 5. The Labute approximate surface area is 126 Å². The summed E-state index contributed by atoms with van der Waals surface area (Å²) in [4.78, 5) is 7.87. The third-order valence-corrected chi connectivity index (χ3v) is 4.51. The lowest BCUT2D eigenvalue weighted by Gasteiger charge is -2.22. The molecule has 0 aliphatic rings. The zero-order chi connectivity index (χ0) is 13.8. The minimum atomic E-state index is 0.669. The van der Waals surface area contributed by atoms with Crippen LogP contribution in [0.2, 0.25) is 0 Å². The van der Waals surface area contributed by atoms with Crippen LogP contribution in [0.25, 0.3) is 0 Å². The molecule has 19 heavy (non-hydrogen) atoms. The van der Waals surface area contributed by atoms with Crippen molar-refractivity contribution >= 4 is 33.0 Å². The first-order chi connectivity index (χ1) is 9.11. The molecule has 0 unspecified atom stereocenters. The topological polar surface area (TPSA) is 42.2 Å². The molecule has 0 fully saturated rings. The van der Waals surface area contributed by atoms with Gasteiger partial charge in [-0.15, -0.1) is 11.3 Å². The number of hydrogen-bond acceptors (Lipinski definition) is 4. The van der Waals surface area contributed by atoms with Crippen molar-refractivity contribution in [3.05, 3.63) is 44.3 Å². The lowest BCUT2D eigenvalue weighted by atomic mass is 10.1. The van der Waals surface area contributed by atoms with E-state index in [1.807, 2.05) is 5.51 Å². The number of nitrogens with two attached hydrogens (primary N) is 1. The second-order valence-electron chi connectivity index (χ2n) is 4.53. The van der Waals surface area contributed by atoms with Gasteiger partial charge in [0.2, 0.25) is 0 Å². The fourth-order valence-corrected chi connectivity index (χ4v) is 3.22. The van der Waals surface area contributed by atoms with Gasteiger partial charge in [-0.1, -0.05) is 22.0 Å². The minimum absolute atomic E-state index is 0.669. The van der Waals surface area contributed by atoms with Gasteiger partial charge in [-0.2, -0.15) is 0 Å². The highest BCUT2D eigenvalue weighted by molar-refractivity contribution is 9.10. The summed E-state index contributed by atoms with van der Waals surface area (Å²) in [5.41, 5.74) is 11.2. The number of nitrogens with zero attached hydrogens (tertiary/aromatic N) is 2. The fraction of sp³-hybridized carbons (Fsp3) is 0.357. The molecule has 0 aliphatic carbocycles. The van der Waals surface area contributed by atoms with E-state index in [0.29, 0.717) is 6.54 Å². The Morgan fingerprint density at radius 2 is 2.21 bits per heavy atom. The molecule has 0 aliphatic heterocycles. The lowest BCUT2D eigenvalue weighted by Crippen LogP contribution is -2.19. The molecule has 2 aromatic rings. The maximum absolute atomic E-state index is 5.69. The molecule has 2 rings (SSSR count). The molecule has 1 aromatic carbocycles. The zero-order valence-electron chi connectivity index (χ0n) is 11.2. The number of aromatic nitrogens is 1. The highest BCUT2D eigenvalue weighted by Crippen LogP contribution is 2.27. The van der Waals surface area contributed by atoms with E-state index < -0.39 is 0 Å². The normalized spacial score (nSPS) is 10.7. The van der Waals surface area contributed by atoms with E-state index in [2.05, 4.69) is 58.0 Å². The standard InChI is InChI=1S/C14H18BrN3S/c1-10-14(19-9-17-10)8-18(2)13-7-12(15)4-3-11(13)5-6-16/h3-4,7,9H,5-6,8,16H2,1-2H3. The Morgan fingerprint density at radius 1 is 1.42 bits per heavy atom. The molecule has 0 saturated carbocycles. The largest absolute Gasteiger partial charge is 0.369 e. The molecular weight excluding hydrogens is 322 g/mol. The summed E-state index contributed by atoms with van der Waals surface area (Å²) in [7, 11) is 2.11. The van der Waals surface area contributed by atoms with Gasteiger partial charge in [0, 0.05) is 22.1 Å². The molecule has 1 aromatic heterocycles. The van der Waals surface area contributed by atoms with E-state index in [4.69, 9.17) is 5.73 Å². The van der Waals surface area contributed by atoms with Gasteiger partial charge in [0.25, 0.3) is 0 Å². The average molecular weight is 340 g/mol. The summed E-state index contributed by atoms with van der Waals surface area (Å²) in [6, 6.07) is 6.37. The summed E-state index contributed by atoms with van der Waals surface area (Å²) in [5, 5.41) is 0. The van der Waals surface area contributed by atoms with Gasteiger partial charge in [-0.05, 0) is 37.6 Å². The van der Waals surface area contributed by atoms with E-state index >= 15 is 0 Å². The first-order valence-electron chi connectivity index (χ1n) is 6.20. The van der Waals surface area contributed by atoms with Crippen LogP contribution in [-0.2, 0) is 13.0 Å². The van der Waals surface area contributed by atoms with E-state index in [1.54, 1.807) is 11.3 Å². The van der Waals surface area contributed by atoms with Crippen LogP contribution in [0.5, 0.6) is 0 Å². The third-order valence-electron chi connectivity index (χ3n) is 3.10. The van der Waals surface area contributed by atoms with Crippen molar-refractivity contribution < 1.29 is 0 Å². The van der Waals surface area contributed by atoms with Crippen molar-refractivity contribution in [2.75, 3.05) is 18.5 Å². The maximum atomic E-state index is 5.69. The zero-order valence-corrected chi connectivity index (χ0v) is 13.6. The van der Waals surface area contributed by atoms with Crippen LogP contribution >= 0.6 is 27.3 Å². The van der Waals surface area contributed by atoms with Gasteiger partial charge in [0.15, 0.2) is 0 Å². The molecule has 102 valence electrons. The summed E-state index contributed by atoms with van der Waals surface area (Å²) in [6.45, 7) is 3.61. The molecule has 0 radical (unpaired) electrons. The Kier molecular flexibility index (Phi) is 4.96. The molecule has 1 heterocycles. The van der Waals surface area contributed by atoms with E-state index in [9.17, 15) is 0 Å². The van der Waals surface area contributed by atoms with Crippen LogP contribution in [0.15, 0.2) is 28.2 Å². The van der Waals surface area contributed by atoms with Crippen LogP contribution in [0, 0.1) is 6.92 Å². The van der Waals surface area contributed by atoms with Crippen molar-refractivity contribution in [2.24, 2.45) is 5.73 Å². The highest BCUT2D eigenvalue weighted by Gasteiger charge is 2.11. The van der Waals surface area contributed by atoms with Crippen molar-refractivity contribution in [1.82, 2.24) is 4.98 Å². The number of benzene rings is 1. The van der Waals surface area contributed by atoms with Crippen LogP contribution in [0.3, 0.4) is 0 Å². The number of thiazole rings is 1. The molecule has 3 nitrogen and oxygen atoms in total. The molecule has 0 spiro atoms. The van der Waals surface area contributed by atoms with Gasteiger partial charge in [0.1, 0.15) is 0 Å². The molecule has 2 N–H and O–H groups in total. The Bertz CT molecular complexity index is 553. The van der Waals surface area contributed by atoms with Gasteiger partial charge >= 0.3 is 0 Å². The van der Waals surface area contributed by atoms with E-state index in [0.717, 1.165) is 23.1 Å². The fourth-order valence-electron chi connectivity index (χ4n) is 2.04. The molecular formula is C14H18BrN3S. The summed E-state index contributed by atoms with van der Waals surface area (Å²) in [6.07, 6.45) is 0.897. The van der Waals surface area contributed by atoms with Gasteiger partial charge in [-0.3, -0.25) is 0 Å². The summed E-state index contributed by atoms with van der Waals surface area (Å²) in [5.74, 6) is 0. The lowest BCUT2D eigenvalue weighted by molar-refractivity contribution is 0.894. The number of anilines is 1. The Morgan fingerprint density at radius 3 is 2.84 bits per heavy atom. The van der Waals surface area contributed by atoms with Crippen molar-refractivity contribution in [3.8, 4) is 0 Å². The summed E-state index contributed by atoms with van der Waals surface area (Å²) >= 11 is 5.25. The van der Waals surface area contributed by atoms with Crippen LogP contribution in [0.1, 0.15) is 16.1 Å². The van der Waals surface area contributed by atoms with Crippen molar-refractivity contribution in [1.29, 1.82) is 0 Å². The number of hydrogen-bond donors (Lipinski definition) is 1. The smallest absolute Gasteiger partial charge is 0.0798 e. The second kappa shape index (κ2) is 6.50. The molecule has 5 heteroatoms. The predicted molar refractivity (Wildman–Crippen MR) is 85.9 cm³/mol. The molecule has 0 saturated heterocycles. The SMILES string of the molecule is Cc1ncsc1CN(C)c1cc(Br)ccc1CCN. The van der Waals surface area contributed by atoms with Crippen LogP contribution in [-0.4, -0.2) is 18.6 Å². The maximum Gasteiger partial charge on any atom is 0.0798 e. The first-order valence-corrected chi connectivity index (χ1v) is 7.87. The monoisotopic (exact) mass is 339 g/mol. The second-order valence-corrected chi connectivity index (χ2v) is 6.38. The van der Waals surface area contributed by atoms with Gasteiger partial charge in [-0.25, -0.2) is 4.98 Å². The predicted octanol–water partition coefficient (Wildman–Crippen LogP) is 3.35.